The molecule has 2 aromatic rings. The van der Waals surface area contributed by atoms with Gasteiger partial charge in [-0.15, -0.1) is 0 Å². The Kier molecular flexibility index (Phi) is 4.45. The molecule has 0 aromatic heterocycles. The molecule has 0 saturated heterocycles. The van der Waals surface area contributed by atoms with Crippen LogP contribution in [0.3, 0.4) is 0 Å². The highest BCUT2D eigenvalue weighted by Gasteiger charge is 2.04. The Bertz CT molecular complexity index is 534. The average Bonchev–Trinajstić information content (AvgIpc) is 2.37. The molecule has 2 nitrogen and oxygen atoms in total. The first-order valence-electron chi connectivity index (χ1n) is 6.70. The Morgan fingerprint density at radius 1 is 1.05 bits per heavy atom. The number of nitrogens with one attached hydrogen (secondary N) is 1. The van der Waals surface area contributed by atoms with Gasteiger partial charge < -0.3 is 10.1 Å². The normalized spacial score (nSPS) is 10.5. The van der Waals surface area contributed by atoms with Crippen molar-refractivity contribution in [3.63, 3.8) is 0 Å². The minimum atomic E-state index is 0.195. The molecule has 100 valence electrons. The lowest BCUT2D eigenvalue weighted by molar-refractivity contribution is 0.240. The molecule has 0 spiro atoms. The van der Waals surface area contributed by atoms with Gasteiger partial charge in [0, 0.05) is 17.8 Å². The molecule has 1 N–H and O–H groups in total. The van der Waals surface area contributed by atoms with Crippen LogP contribution >= 0.6 is 0 Å². The third-order valence-corrected chi connectivity index (χ3v) is 2.84. The zero-order chi connectivity index (χ0) is 13.7. The van der Waals surface area contributed by atoms with Gasteiger partial charge in [-0.3, -0.25) is 0 Å². The molecule has 0 aliphatic rings. The van der Waals surface area contributed by atoms with E-state index in [0.717, 1.165) is 18.0 Å². The summed E-state index contributed by atoms with van der Waals surface area (Å²) in [5.41, 5.74) is 3.58. The topological polar surface area (TPSA) is 21.3 Å². The van der Waals surface area contributed by atoms with Crippen molar-refractivity contribution < 1.29 is 4.74 Å². The molecule has 0 atom stereocenters. The summed E-state index contributed by atoms with van der Waals surface area (Å²) in [6, 6.07) is 16.6. The van der Waals surface area contributed by atoms with Crippen LogP contribution in [0.15, 0.2) is 48.5 Å². The van der Waals surface area contributed by atoms with Crippen molar-refractivity contribution in [1.82, 2.24) is 0 Å². The largest absolute Gasteiger partial charge is 0.491 e. The van der Waals surface area contributed by atoms with E-state index in [-0.39, 0.29) is 6.10 Å². The van der Waals surface area contributed by atoms with E-state index in [9.17, 15) is 0 Å². The number of anilines is 1. The second-order valence-corrected chi connectivity index (χ2v) is 5.00. The van der Waals surface area contributed by atoms with Crippen LogP contribution < -0.4 is 10.1 Å². The first-order chi connectivity index (χ1) is 9.15. The monoisotopic (exact) mass is 255 g/mol. The van der Waals surface area contributed by atoms with E-state index < -0.39 is 0 Å². The minimum Gasteiger partial charge on any atom is -0.491 e. The van der Waals surface area contributed by atoms with E-state index in [1.807, 2.05) is 32.0 Å². The molecule has 0 heterocycles. The van der Waals surface area contributed by atoms with Gasteiger partial charge >= 0.3 is 0 Å². The third-order valence-electron chi connectivity index (χ3n) is 2.84. The van der Waals surface area contributed by atoms with Crippen LogP contribution in [-0.2, 0) is 6.54 Å². The predicted octanol–water partition coefficient (Wildman–Crippen LogP) is 4.39. The highest BCUT2D eigenvalue weighted by atomic mass is 16.5. The smallest absolute Gasteiger partial charge is 0.124 e. The number of aryl methyl sites for hydroxylation is 1. The van der Waals surface area contributed by atoms with Crippen LogP contribution in [0.25, 0.3) is 0 Å². The number of rotatable bonds is 5. The van der Waals surface area contributed by atoms with Gasteiger partial charge in [-0.05, 0) is 44.5 Å². The zero-order valence-electron chi connectivity index (χ0n) is 11.8. The number of hydrogen-bond acceptors (Lipinski definition) is 2. The summed E-state index contributed by atoms with van der Waals surface area (Å²) in [6.45, 7) is 6.96. The summed E-state index contributed by atoms with van der Waals surface area (Å²) < 4.78 is 5.82. The highest BCUT2D eigenvalue weighted by Crippen LogP contribution is 2.21. The summed E-state index contributed by atoms with van der Waals surface area (Å²) in [6.07, 6.45) is 0.195. The first-order valence-corrected chi connectivity index (χ1v) is 6.70. The van der Waals surface area contributed by atoms with Crippen molar-refractivity contribution in [3.05, 3.63) is 59.7 Å². The number of benzene rings is 2. The molecule has 0 radical (unpaired) electrons. The summed E-state index contributed by atoms with van der Waals surface area (Å²) >= 11 is 0. The Hall–Kier alpha value is -1.96. The Labute approximate surface area is 115 Å². The summed E-state index contributed by atoms with van der Waals surface area (Å²) in [7, 11) is 0. The SMILES string of the molecule is Cc1cccc(NCc2ccccc2OC(C)C)c1. The molecule has 0 aliphatic carbocycles. The second kappa shape index (κ2) is 6.28. The maximum atomic E-state index is 5.82. The van der Waals surface area contributed by atoms with E-state index in [2.05, 4.69) is 42.6 Å². The Morgan fingerprint density at radius 3 is 2.58 bits per heavy atom. The van der Waals surface area contributed by atoms with Crippen molar-refractivity contribution in [1.29, 1.82) is 0 Å². The molecule has 2 rings (SSSR count). The fourth-order valence-corrected chi connectivity index (χ4v) is 1.97. The molecule has 0 unspecified atom stereocenters. The third kappa shape index (κ3) is 4.02. The van der Waals surface area contributed by atoms with Gasteiger partial charge in [0.05, 0.1) is 6.10 Å². The van der Waals surface area contributed by atoms with E-state index in [4.69, 9.17) is 4.74 Å². The fourth-order valence-electron chi connectivity index (χ4n) is 1.97. The predicted molar refractivity (Wildman–Crippen MR) is 80.7 cm³/mol. The van der Waals surface area contributed by atoms with Gasteiger partial charge in [-0.1, -0.05) is 30.3 Å². The van der Waals surface area contributed by atoms with Crippen molar-refractivity contribution in [2.75, 3.05) is 5.32 Å². The van der Waals surface area contributed by atoms with Crippen molar-refractivity contribution in [2.24, 2.45) is 0 Å². The first kappa shape index (κ1) is 13.5. The zero-order valence-corrected chi connectivity index (χ0v) is 11.8. The van der Waals surface area contributed by atoms with Crippen LogP contribution in [0.5, 0.6) is 5.75 Å². The molecular formula is C17H21NO. The maximum absolute atomic E-state index is 5.82. The number of hydrogen-bond donors (Lipinski definition) is 1. The van der Waals surface area contributed by atoms with Gasteiger partial charge in [0.2, 0.25) is 0 Å². The van der Waals surface area contributed by atoms with E-state index in [1.165, 1.54) is 11.1 Å². The lowest BCUT2D eigenvalue weighted by Crippen LogP contribution is -2.09. The summed E-state index contributed by atoms with van der Waals surface area (Å²) in [5.74, 6) is 0.956. The van der Waals surface area contributed by atoms with Crippen LogP contribution in [-0.4, -0.2) is 6.10 Å². The van der Waals surface area contributed by atoms with Crippen LogP contribution in [0, 0.1) is 6.92 Å². The van der Waals surface area contributed by atoms with Gasteiger partial charge in [-0.2, -0.15) is 0 Å². The summed E-state index contributed by atoms with van der Waals surface area (Å²) in [5, 5.41) is 3.44. The molecule has 19 heavy (non-hydrogen) atoms. The molecule has 0 saturated carbocycles. The molecule has 0 aliphatic heterocycles. The van der Waals surface area contributed by atoms with Crippen LogP contribution in [0.4, 0.5) is 5.69 Å². The van der Waals surface area contributed by atoms with Gasteiger partial charge in [-0.25, -0.2) is 0 Å². The van der Waals surface area contributed by atoms with Gasteiger partial charge in [0.1, 0.15) is 5.75 Å². The van der Waals surface area contributed by atoms with Gasteiger partial charge in [0.25, 0.3) is 0 Å². The Morgan fingerprint density at radius 2 is 1.84 bits per heavy atom. The standard InChI is InChI=1S/C17H21NO/c1-13(2)19-17-10-5-4-8-15(17)12-18-16-9-6-7-14(3)11-16/h4-11,13,18H,12H2,1-3H3. The number of ether oxygens (including phenoxy) is 1. The fraction of sp³-hybridized carbons (Fsp3) is 0.294. The van der Waals surface area contributed by atoms with Crippen molar-refractivity contribution in [2.45, 2.75) is 33.4 Å². The molecule has 2 heteroatoms. The quantitative estimate of drug-likeness (QED) is 0.855. The van der Waals surface area contributed by atoms with Crippen molar-refractivity contribution >= 4 is 5.69 Å². The average molecular weight is 255 g/mol. The highest BCUT2D eigenvalue weighted by molar-refractivity contribution is 5.47. The minimum absolute atomic E-state index is 0.195. The van der Waals surface area contributed by atoms with Crippen LogP contribution in [0.2, 0.25) is 0 Å². The van der Waals surface area contributed by atoms with Gasteiger partial charge in [0.15, 0.2) is 0 Å². The molecular weight excluding hydrogens is 234 g/mol. The van der Waals surface area contributed by atoms with Crippen LogP contribution in [0.1, 0.15) is 25.0 Å². The second-order valence-electron chi connectivity index (χ2n) is 5.00. The molecule has 2 aromatic carbocycles. The van der Waals surface area contributed by atoms with E-state index in [0.29, 0.717) is 0 Å². The molecule has 0 bridgehead atoms. The van der Waals surface area contributed by atoms with E-state index >= 15 is 0 Å². The lowest BCUT2D eigenvalue weighted by Gasteiger charge is -2.15. The maximum Gasteiger partial charge on any atom is 0.124 e. The summed E-state index contributed by atoms with van der Waals surface area (Å²) in [4.78, 5) is 0. The lowest BCUT2D eigenvalue weighted by atomic mass is 10.2. The molecule has 0 fully saturated rings. The van der Waals surface area contributed by atoms with Crippen molar-refractivity contribution in [3.8, 4) is 5.75 Å². The Balaban J connectivity index is 2.07. The molecule has 0 amide bonds. The van der Waals surface area contributed by atoms with E-state index in [1.54, 1.807) is 0 Å². The number of para-hydroxylation sites is 1.